The molecule has 4 N–H and O–H groups in total. The van der Waals surface area contributed by atoms with Gasteiger partial charge in [-0.25, -0.2) is 4.98 Å². The van der Waals surface area contributed by atoms with Crippen molar-refractivity contribution in [1.82, 2.24) is 9.88 Å². The maximum absolute atomic E-state index is 10.5. The summed E-state index contributed by atoms with van der Waals surface area (Å²) < 4.78 is 10.9. The number of rotatable bonds is 9. The number of hydrogen-bond donors (Lipinski definition) is 3. The molecule has 0 saturated heterocycles. The number of ether oxygens (including phenoxy) is 2. The number of nitrogen functional groups attached to an aromatic ring is 1. The Morgan fingerprint density at radius 2 is 1.69 bits per heavy atom. The number of benzene rings is 2. The second-order valence-electron chi connectivity index (χ2n) is 7.01. The van der Waals surface area contributed by atoms with Crippen molar-refractivity contribution in [3.05, 3.63) is 30.3 Å². The fourth-order valence-corrected chi connectivity index (χ4v) is 3.54. The summed E-state index contributed by atoms with van der Waals surface area (Å²) >= 11 is 0. The van der Waals surface area contributed by atoms with Gasteiger partial charge in [0.1, 0.15) is 0 Å². The van der Waals surface area contributed by atoms with E-state index in [4.69, 9.17) is 20.2 Å². The summed E-state index contributed by atoms with van der Waals surface area (Å²) in [5.41, 5.74) is 9.07. The number of nitrogens with two attached hydrogens (primary N) is 1. The first-order chi connectivity index (χ1) is 14.0. The molecule has 0 fully saturated rings. The van der Waals surface area contributed by atoms with Crippen molar-refractivity contribution in [2.75, 3.05) is 51.4 Å². The average Bonchev–Trinajstić information content (AvgIpc) is 2.73. The van der Waals surface area contributed by atoms with E-state index in [1.54, 1.807) is 14.2 Å². The largest absolute Gasteiger partial charge is 0.493 e. The van der Waals surface area contributed by atoms with Crippen LogP contribution in [0, 0.1) is 0 Å². The smallest absolute Gasteiger partial charge is 0.162 e. The molecule has 3 rings (SSSR count). The summed E-state index contributed by atoms with van der Waals surface area (Å²) in [4.78, 5) is 6.96. The van der Waals surface area contributed by atoms with E-state index >= 15 is 0 Å². The third-order valence-corrected chi connectivity index (χ3v) is 5.18. The van der Waals surface area contributed by atoms with Crippen molar-refractivity contribution < 1.29 is 14.6 Å². The highest BCUT2D eigenvalue weighted by atomic mass is 16.5. The fraction of sp³-hybridized carbons (Fsp3) is 0.409. The Bertz CT molecular complexity index is 989. The van der Waals surface area contributed by atoms with E-state index in [1.165, 1.54) is 0 Å². The number of likely N-dealkylation sites (N-methyl/N-ethyl adjacent to an activating group) is 1. The van der Waals surface area contributed by atoms with Gasteiger partial charge in [0.25, 0.3) is 0 Å². The topological polar surface area (TPSA) is 92.9 Å². The first-order valence-corrected chi connectivity index (χ1v) is 9.89. The molecule has 0 spiro atoms. The summed E-state index contributed by atoms with van der Waals surface area (Å²) in [5.74, 6) is 1.24. The number of methoxy groups -OCH3 is 2. The zero-order chi connectivity index (χ0) is 21.0. The Labute approximate surface area is 171 Å². The lowest BCUT2D eigenvalue weighted by atomic mass is 10.1. The van der Waals surface area contributed by atoms with Crippen LogP contribution in [0.2, 0.25) is 0 Å². The molecular weight excluding hydrogens is 368 g/mol. The molecule has 1 heterocycles. The molecule has 3 aromatic rings. The van der Waals surface area contributed by atoms with E-state index in [9.17, 15) is 5.11 Å². The first kappa shape index (κ1) is 21.0. The van der Waals surface area contributed by atoms with Crippen LogP contribution >= 0.6 is 0 Å². The van der Waals surface area contributed by atoms with E-state index in [-0.39, 0.29) is 0 Å². The normalized spacial score (nSPS) is 12.5. The van der Waals surface area contributed by atoms with Gasteiger partial charge in [-0.3, -0.25) is 0 Å². The number of pyridine rings is 1. The summed E-state index contributed by atoms with van der Waals surface area (Å²) in [6, 6.07) is 9.42. The van der Waals surface area contributed by atoms with Crippen molar-refractivity contribution >= 4 is 33.2 Å². The highest BCUT2D eigenvalue weighted by Gasteiger charge is 2.16. The number of nitrogens with one attached hydrogen (secondary N) is 1. The molecule has 1 atom stereocenters. The van der Waals surface area contributed by atoms with Crippen LogP contribution in [0.3, 0.4) is 0 Å². The van der Waals surface area contributed by atoms with Crippen molar-refractivity contribution in [2.24, 2.45) is 0 Å². The van der Waals surface area contributed by atoms with Crippen molar-refractivity contribution in [3.8, 4) is 11.5 Å². The van der Waals surface area contributed by atoms with Gasteiger partial charge in [0.05, 0.1) is 37.0 Å². The molecule has 1 aromatic heterocycles. The monoisotopic (exact) mass is 398 g/mol. The van der Waals surface area contributed by atoms with Gasteiger partial charge in [-0.15, -0.1) is 0 Å². The van der Waals surface area contributed by atoms with Gasteiger partial charge in [0.2, 0.25) is 0 Å². The lowest BCUT2D eigenvalue weighted by molar-refractivity contribution is 0.128. The Morgan fingerprint density at radius 1 is 1.03 bits per heavy atom. The number of nitrogens with zero attached hydrogens (tertiary/aromatic N) is 2. The van der Waals surface area contributed by atoms with Gasteiger partial charge in [0, 0.05) is 35.6 Å². The molecule has 0 aliphatic rings. The van der Waals surface area contributed by atoms with Gasteiger partial charge >= 0.3 is 0 Å². The Hall–Kier alpha value is -2.77. The molecule has 0 radical (unpaired) electrons. The van der Waals surface area contributed by atoms with E-state index < -0.39 is 6.10 Å². The first-order valence-electron chi connectivity index (χ1n) is 9.89. The Kier molecular flexibility index (Phi) is 6.61. The molecule has 2 aromatic carbocycles. The predicted molar refractivity (Wildman–Crippen MR) is 119 cm³/mol. The second-order valence-corrected chi connectivity index (χ2v) is 7.01. The maximum atomic E-state index is 10.5. The van der Waals surface area contributed by atoms with E-state index in [0.29, 0.717) is 30.3 Å². The molecule has 0 amide bonds. The second kappa shape index (κ2) is 9.15. The van der Waals surface area contributed by atoms with Gasteiger partial charge in [-0.1, -0.05) is 13.8 Å². The number of hydrogen-bond acceptors (Lipinski definition) is 7. The van der Waals surface area contributed by atoms with E-state index in [1.807, 2.05) is 30.3 Å². The standard InChI is InChI=1S/C22H30N4O3/c1-5-26(6-2)13-15(27)12-24-22-16-8-7-14(23)9-18(16)25-19-11-21(29-4)20(28-3)10-17(19)22/h7-11,15,27H,5-6,12-13,23H2,1-4H3,(H,24,25). The predicted octanol–water partition coefficient (Wildman–Crippen LogP) is 3.10. The molecule has 0 aliphatic carbocycles. The van der Waals surface area contributed by atoms with Crippen molar-refractivity contribution in [1.29, 1.82) is 0 Å². The van der Waals surface area contributed by atoms with Crippen LogP contribution in [0.4, 0.5) is 11.4 Å². The number of anilines is 2. The summed E-state index contributed by atoms with van der Waals surface area (Å²) in [5, 5.41) is 15.8. The molecule has 1 unspecified atom stereocenters. The summed E-state index contributed by atoms with van der Waals surface area (Å²) in [7, 11) is 3.21. The van der Waals surface area contributed by atoms with Crippen LogP contribution in [-0.4, -0.2) is 61.5 Å². The highest BCUT2D eigenvalue weighted by Crippen LogP contribution is 2.38. The minimum absolute atomic E-state index is 0.420. The van der Waals surface area contributed by atoms with Crippen LogP contribution in [0.15, 0.2) is 30.3 Å². The van der Waals surface area contributed by atoms with E-state index in [0.717, 1.165) is 40.6 Å². The Morgan fingerprint density at radius 3 is 2.34 bits per heavy atom. The number of aliphatic hydroxyl groups excluding tert-OH is 1. The van der Waals surface area contributed by atoms with Gasteiger partial charge < -0.3 is 30.5 Å². The van der Waals surface area contributed by atoms with Crippen LogP contribution in [0.25, 0.3) is 21.8 Å². The quantitative estimate of drug-likeness (QED) is 0.377. The molecule has 7 nitrogen and oxygen atoms in total. The molecule has 29 heavy (non-hydrogen) atoms. The van der Waals surface area contributed by atoms with Gasteiger partial charge in [0.15, 0.2) is 11.5 Å². The molecule has 0 aliphatic heterocycles. The van der Waals surface area contributed by atoms with Crippen LogP contribution in [0.1, 0.15) is 13.8 Å². The van der Waals surface area contributed by atoms with Gasteiger partial charge in [-0.2, -0.15) is 0 Å². The SMILES string of the molecule is CCN(CC)CC(O)CNc1c2ccc(N)cc2nc2cc(OC)c(OC)cc12. The highest BCUT2D eigenvalue weighted by molar-refractivity contribution is 6.08. The minimum Gasteiger partial charge on any atom is -0.493 e. The molecule has 156 valence electrons. The zero-order valence-corrected chi connectivity index (χ0v) is 17.5. The molecular formula is C22H30N4O3. The average molecular weight is 399 g/mol. The lowest BCUT2D eigenvalue weighted by Gasteiger charge is -2.23. The van der Waals surface area contributed by atoms with E-state index in [2.05, 4.69) is 24.1 Å². The minimum atomic E-state index is -0.498. The third-order valence-electron chi connectivity index (χ3n) is 5.18. The molecule has 0 bridgehead atoms. The van der Waals surface area contributed by atoms with Crippen molar-refractivity contribution in [3.63, 3.8) is 0 Å². The fourth-order valence-electron chi connectivity index (χ4n) is 3.54. The van der Waals surface area contributed by atoms with Crippen LogP contribution < -0.4 is 20.5 Å². The van der Waals surface area contributed by atoms with Gasteiger partial charge in [-0.05, 0) is 37.4 Å². The summed E-state index contributed by atoms with van der Waals surface area (Å²) in [6.07, 6.45) is -0.498. The molecule has 0 saturated carbocycles. The van der Waals surface area contributed by atoms with Crippen LogP contribution in [0.5, 0.6) is 11.5 Å². The third kappa shape index (κ3) is 4.46. The van der Waals surface area contributed by atoms with Crippen LogP contribution in [-0.2, 0) is 0 Å². The lowest BCUT2D eigenvalue weighted by Crippen LogP contribution is -2.36. The maximum Gasteiger partial charge on any atom is 0.162 e. The number of aromatic nitrogens is 1. The summed E-state index contributed by atoms with van der Waals surface area (Å²) in [6.45, 7) is 7.04. The zero-order valence-electron chi connectivity index (χ0n) is 17.5. The Balaban J connectivity index is 2.06. The molecule has 7 heteroatoms. The number of aliphatic hydroxyl groups is 1. The van der Waals surface area contributed by atoms with Crippen molar-refractivity contribution in [2.45, 2.75) is 20.0 Å². The number of fused-ring (bicyclic) bond motifs is 2.